The fourth-order valence-electron chi connectivity index (χ4n) is 2.06. The van der Waals surface area contributed by atoms with E-state index in [0.717, 1.165) is 17.7 Å². The average Bonchev–Trinajstić information content (AvgIpc) is 2.47. The van der Waals surface area contributed by atoms with Gasteiger partial charge in [-0.25, -0.2) is 4.79 Å². The molecule has 1 N–H and O–H groups in total. The Hall–Kier alpha value is -1.55. The average molecular weight is 279 g/mol. The van der Waals surface area contributed by atoms with Gasteiger partial charge in [0.1, 0.15) is 11.3 Å². The van der Waals surface area contributed by atoms with Gasteiger partial charge >= 0.3 is 5.97 Å². The molecule has 2 unspecified atom stereocenters. The normalized spacial score (nSPS) is 15.2. The summed E-state index contributed by atoms with van der Waals surface area (Å²) in [6, 6.07) is 7.72. The highest BCUT2D eigenvalue weighted by Gasteiger charge is 2.37. The Balaban J connectivity index is 3.17. The molecule has 112 valence electrons. The molecule has 0 radical (unpaired) electrons. The third kappa shape index (κ3) is 3.73. The van der Waals surface area contributed by atoms with Crippen LogP contribution in [0.4, 0.5) is 0 Å². The number of benzene rings is 1. The molecule has 4 heteroatoms. The molecule has 0 saturated heterocycles. The summed E-state index contributed by atoms with van der Waals surface area (Å²) >= 11 is 0. The minimum atomic E-state index is -0.875. The Kier molecular flexibility index (Phi) is 6.02. The van der Waals surface area contributed by atoms with Crippen LogP contribution in [0.1, 0.15) is 39.7 Å². The largest absolute Gasteiger partial charge is 0.497 e. The van der Waals surface area contributed by atoms with Crippen LogP contribution in [0.25, 0.3) is 0 Å². The second-order valence-corrected chi connectivity index (χ2v) is 5.03. The summed E-state index contributed by atoms with van der Waals surface area (Å²) in [5.74, 6) is 0.456. The van der Waals surface area contributed by atoms with Gasteiger partial charge in [0.25, 0.3) is 0 Å². The van der Waals surface area contributed by atoms with Gasteiger partial charge in [-0.1, -0.05) is 19.1 Å². The molecule has 0 fully saturated rings. The predicted octanol–water partition coefficient (Wildman–Crippen LogP) is 2.86. The number of hydrogen-bond acceptors (Lipinski definition) is 4. The molecular formula is C16H25NO3. The van der Waals surface area contributed by atoms with Crippen LogP contribution in [0.5, 0.6) is 5.75 Å². The van der Waals surface area contributed by atoms with Crippen LogP contribution >= 0.6 is 0 Å². The maximum Gasteiger partial charge on any atom is 0.330 e. The van der Waals surface area contributed by atoms with Crippen molar-refractivity contribution in [1.82, 2.24) is 5.32 Å². The zero-order valence-corrected chi connectivity index (χ0v) is 13.0. The van der Waals surface area contributed by atoms with Gasteiger partial charge in [0, 0.05) is 6.04 Å². The maximum absolute atomic E-state index is 12.4. The first-order valence-corrected chi connectivity index (χ1v) is 7.07. The summed E-state index contributed by atoms with van der Waals surface area (Å²) in [5, 5.41) is 3.37. The summed E-state index contributed by atoms with van der Waals surface area (Å²) in [4.78, 5) is 12.4. The number of carbonyl (C=O) groups excluding carboxylic acids is 1. The van der Waals surface area contributed by atoms with E-state index < -0.39 is 5.54 Å². The zero-order chi connectivity index (χ0) is 15.2. The third-order valence-electron chi connectivity index (χ3n) is 3.48. The van der Waals surface area contributed by atoms with Crippen LogP contribution in [0.15, 0.2) is 24.3 Å². The number of ether oxygens (including phenoxy) is 2. The fraction of sp³-hybridized carbons (Fsp3) is 0.562. The van der Waals surface area contributed by atoms with Gasteiger partial charge in [-0.2, -0.15) is 0 Å². The minimum absolute atomic E-state index is 0.204. The number of rotatable bonds is 7. The van der Waals surface area contributed by atoms with Gasteiger partial charge in [-0.3, -0.25) is 5.32 Å². The lowest BCUT2D eigenvalue weighted by molar-refractivity contribution is -0.151. The number of esters is 1. The van der Waals surface area contributed by atoms with Gasteiger partial charge in [0.15, 0.2) is 0 Å². The van der Waals surface area contributed by atoms with Crippen molar-refractivity contribution in [3.63, 3.8) is 0 Å². The molecule has 20 heavy (non-hydrogen) atoms. The van der Waals surface area contributed by atoms with Crippen molar-refractivity contribution in [2.75, 3.05) is 13.7 Å². The molecule has 4 nitrogen and oxygen atoms in total. The zero-order valence-electron chi connectivity index (χ0n) is 13.0. The highest BCUT2D eigenvalue weighted by atomic mass is 16.5. The third-order valence-corrected chi connectivity index (χ3v) is 3.48. The van der Waals surface area contributed by atoms with E-state index in [1.165, 1.54) is 0 Å². The van der Waals surface area contributed by atoms with Crippen LogP contribution in [0.2, 0.25) is 0 Å². The van der Waals surface area contributed by atoms with Crippen molar-refractivity contribution < 1.29 is 14.3 Å². The van der Waals surface area contributed by atoms with E-state index in [1.807, 2.05) is 38.1 Å². The number of methoxy groups -OCH3 is 1. The second kappa shape index (κ2) is 7.29. The van der Waals surface area contributed by atoms with Gasteiger partial charge in [-0.05, 0) is 44.9 Å². The Labute approximate surface area is 121 Å². The molecule has 0 aliphatic rings. The van der Waals surface area contributed by atoms with Crippen molar-refractivity contribution in [3.05, 3.63) is 29.8 Å². The number of hydrogen-bond donors (Lipinski definition) is 1. The molecule has 0 amide bonds. The lowest BCUT2D eigenvalue weighted by atomic mass is 9.90. The fourth-order valence-corrected chi connectivity index (χ4v) is 2.06. The number of nitrogens with one attached hydrogen (secondary N) is 1. The van der Waals surface area contributed by atoms with Crippen LogP contribution in [0, 0.1) is 0 Å². The van der Waals surface area contributed by atoms with Gasteiger partial charge in [-0.15, -0.1) is 0 Å². The topological polar surface area (TPSA) is 47.6 Å². The molecule has 0 bridgehead atoms. The summed E-state index contributed by atoms with van der Waals surface area (Å²) in [7, 11) is 1.61. The van der Waals surface area contributed by atoms with E-state index in [2.05, 4.69) is 19.2 Å². The highest BCUT2D eigenvalue weighted by Crippen LogP contribution is 2.27. The molecule has 2 atom stereocenters. The van der Waals surface area contributed by atoms with Gasteiger partial charge < -0.3 is 9.47 Å². The predicted molar refractivity (Wildman–Crippen MR) is 79.9 cm³/mol. The van der Waals surface area contributed by atoms with Crippen LogP contribution in [-0.4, -0.2) is 25.7 Å². The van der Waals surface area contributed by atoms with Crippen molar-refractivity contribution in [3.8, 4) is 5.75 Å². The first-order chi connectivity index (χ1) is 9.47. The van der Waals surface area contributed by atoms with E-state index in [-0.39, 0.29) is 12.0 Å². The molecule has 0 aliphatic heterocycles. The van der Waals surface area contributed by atoms with Crippen LogP contribution in [0.3, 0.4) is 0 Å². The number of carbonyl (C=O) groups is 1. The van der Waals surface area contributed by atoms with E-state index in [9.17, 15) is 4.79 Å². The first kappa shape index (κ1) is 16.5. The van der Waals surface area contributed by atoms with Crippen LogP contribution < -0.4 is 10.1 Å². The molecular weight excluding hydrogens is 254 g/mol. The summed E-state index contributed by atoms with van der Waals surface area (Å²) < 4.78 is 10.5. The van der Waals surface area contributed by atoms with Crippen molar-refractivity contribution in [1.29, 1.82) is 0 Å². The highest BCUT2D eigenvalue weighted by molar-refractivity contribution is 5.82. The second-order valence-electron chi connectivity index (χ2n) is 5.03. The molecule has 1 aromatic rings. The van der Waals surface area contributed by atoms with Crippen LogP contribution in [-0.2, 0) is 15.1 Å². The molecule has 0 aliphatic carbocycles. The summed E-state index contributed by atoms with van der Waals surface area (Å²) in [5.41, 5.74) is -0.0319. The molecule has 1 aromatic carbocycles. The quantitative estimate of drug-likeness (QED) is 0.780. The molecule has 0 aromatic heterocycles. The Morgan fingerprint density at radius 1 is 1.40 bits per heavy atom. The standard InChI is InChI=1S/C16H25NO3/c1-6-12(3)17-16(4,15(18)20-7-2)13-9-8-10-14(11-13)19-5/h8-12,17H,6-7H2,1-5H3. The van der Waals surface area contributed by atoms with Gasteiger partial charge in [0.05, 0.1) is 13.7 Å². The van der Waals surface area contributed by atoms with E-state index in [0.29, 0.717) is 6.61 Å². The molecule has 0 spiro atoms. The van der Waals surface area contributed by atoms with Crippen molar-refractivity contribution >= 4 is 5.97 Å². The summed E-state index contributed by atoms with van der Waals surface area (Å²) in [6.45, 7) is 8.16. The summed E-state index contributed by atoms with van der Waals surface area (Å²) in [6.07, 6.45) is 0.930. The smallest absolute Gasteiger partial charge is 0.330 e. The van der Waals surface area contributed by atoms with Gasteiger partial charge in [0.2, 0.25) is 0 Å². The molecule has 0 saturated carbocycles. The molecule has 1 rings (SSSR count). The lowest BCUT2D eigenvalue weighted by Crippen LogP contribution is -2.51. The van der Waals surface area contributed by atoms with E-state index >= 15 is 0 Å². The monoisotopic (exact) mass is 279 g/mol. The Bertz CT molecular complexity index is 447. The molecule has 0 heterocycles. The van der Waals surface area contributed by atoms with E-state index in [4.69, 9.17) is 9.47 Å². The first-order valence-electron chi connectivity index (χ1n) is 7.07. The van der Waals surface area contributed by atoms with E-state index in [1.54, 1.807) is 7.11 Å². The Morgan fingerprint density at radius 2 is 2.10 bits per heavy atom. The Morgan fingerprint density at radius 3 is 2.65 bits per heavy atom. The van der Waals surface area contributed by atoms with Crippen molar-refractivity contribution in [2.24, 2.45) is 0 Å². The SMILES string of the molecule is CCOC(=O)C(C)(NC(C)CC)c1cccc(OC)c1. The van der Waals surface area contributed by atoms with Crippen molar-refractivity contribution in [2.45, 2.75) is 45.7 Å². The minimum Gasteiger partial charge on any atom is -0.497 e. The lowest BCUT2D eigenvalue weighted by Gasteiger charge is -2.32. The maximum atomic E-state index is 12.4.